The lowest BCUT2D eigenvalue weighted by Crippen LogP contribution is -1.97. The van der Waals surface area contributed by atoms with E-state index in [9.17, 15) is 9.90 Å². The number of carboxylic acids is 1. The van der Waals surface area contributed by atoms with Gasteiger partial charge < -0.3 is 10.2 Å². The minimum atomic E-state index is -1.13. The van der Waals surface area contributed by atoms with Crippen LogP contribution in [0.25, 0.3) is 0 Å². The Bertz CT molecular complexity index is 309. The molecule has 0 aliphatic rings. The Hall–Kier alpha value is -1.16. The molecule has 0 saturated heterocycles. The molecule has 2 N–H and O–H groups in total. The van der Waals surface area contributed by atoms with Crippen LogP contribution in [-0.2, 0) is 5.75 Å². The lowest BCUT2D eigenvalue weighted by atomic mass is 10.1. The maximum absolute atomic E-state index is 10.5. The molecule has 0 radical (unpaired) electrons. The predicted octanol–water partition coefficient (Wildman–Crippen LogP) is 1.52. The molecule has 1 rings (SSSR count). The fraction of sp³-hybridized carbons (Fsp3) is 0.125. The van der Waals surface area contributed by atoms with Gasteiger partial charge in [0.1, 0.15) is 11.3 Å². The maximum atomic E-state index is 10.5. The van der Waals surface area contributed by atoms with Gasteiger partial charge in [-0.2, -0.15) is 12.6 Å². The van der Waals surface area contributed by atoms with Crippen LogP contribution in [-0.4, -0.2) is 16.2 Å². The van der Waals surface area contributed by atoms with Crippen LogP contribution in [0.2, 0.25) is 0 Å². The number of carboxylic acid groups (broad SMARTS) is 1. The largest absolute Gasteiger partial charge is 0.507 e. The van der Waals surface area contributed by atoms with Crippen molar-refractivity contribution in [3.05, 3.63) is 29.3 Å². The van der Waals surface area contributed by atoms with Gasteiger partial charge in [-0.1, -0.05) is 12.1 Å². The summed E-state index contributed by atoms with van der Waals surface area (Å²) in [6.07, 6.45) is 0. The summed E-state index contributed by atoms with van der Waals surface area (Å²) in [5, 5.41) is 17.9. The lowest BCUT2D eigenvalue weighted by molar-refractivity contribution is 0.0693. The lowest BCUT2D eigenvalue weighted by Gasteiger charge is -2.03. The third-order valence-electron chi connectivity index (χ3n) is 1.52. The fourth-order valence-electron chi connectivity index (χ4n) is 0.892. The molecule has 3 nitrogen and oxygen atoms in total. The number of rotatable bonds is 2. The van der Waals surface area contributed by atoms with Gasteiger partial charge in [0, 0.05) is 11.3 Å². The highest BCUT2D eigenvalue weighted by molar-refractivity contribution is 7.79. The van der Waals surface area contributed by atoms with Crippen LogP contribution in [0.15, 0.2) is 18.2 Å². The van der Waals surface area contributed by atoms with Gasteiger partial charge in [-0.15, -0.1) is 0 Å². The van der Waals surface area contributed by atoms with Crippen molar-refractivity contribution in [2.45, 2.75) is 5.75 Å². The van der Waals surface area contributed by atoms with Gasteiger partial charge in [-0.3, -0.25) is 0 Å². The predicted molar refractivity (Wildman–Crippen MR) is 47.8 cm³/mol. The molecule has 0 aliphatic carbocycles. The molecule has 1 aromatic rings. The third-order valence-corrected chi connectivity index (χ3v) is 1.86. The molecule has 0 fully saturated rings. The molecule has 1 aromatic carbocycles. The van der Waals surface area contributed by atoms with Gasteiger partial charge in [-0.25, -0.2) is 4.79 Å². The zero-order chi connectivity index (χ0) is 9.14. The average Bonchev–Trinajstić information content (AvgIpc) is 2.04. The first kappa shape index (κ1) is 8.93. The van der Waals surface area contributed by atoms with Gasteiger partial charge in [0.05, 0.1) is 0 Å². The van der Waals surface area contributed by atoms with Crippen molar-refractivity contribution in [1.29, 1.82) is 0 Å². The molecule has 0 amide bonds. The number of hydrogen-bond donors (Lipinski definition) is 3. The SMILES string of the molecule is O=C(O)c1cccc(CS)c1O. The molecule has 0 aromatic heterocycles. The monoisotopic (exact) mass is 184 g/mol. The number of benzene rings is 1. The van der Waals surface area contributed by atoms with Crippen molar-refractivity contribution in [2.24, 2.45) is 0 Å². The summed E-state index contributed by atoms with van der Waals surface area (Å²) in [5.74, 6) is -0.997. The smallest absolute Gasteiger partial charge is 0.339 e. The second kappa shape index (κ2) is 3.49. The van der Waals surface area contributed by atoms with Crippen molar-refractivity contribution in [3.63, 3.8) is 0 Å². The van der Waals surface area contributed by atoms with Crippen LogP contribution < -0.4 is 0 Å². The van der Waals surface area contributed by atoms with Crippen LogP contribution >= 0.6 is 12.6 Å². The Morgan fingerprint density at radius 1 is 1.50 bits per heavy atom. The first-order chi connectivity index (χ1) is 5.66. The van der Waals surface area contributed by atoms with E-state index in [1.807, 2.05) is 0 Å². The number of phenols is 1. The van der Waals surface area contributed by atoms with Crippen molar-refractivity contribution in [1.82, 2.24) is 0 Å². The fourth-order valence-corrected chi connectivity index (χ4v) is 1.15. The molecule has 64 valence electrons. The molecule has 4 heteroatoms. The maximum Gasteiger partial charge on any atom is 0.339 e. The van der Waals surface area contributed by atoms with Crippen LogP contribution in [0.1, 0.15) is 15.9 Å². The quantitative estimate of drug-likeness (QED) is 0.611. The zero-order valence-corrected chi connectivity index (χ0v) is 7.08. The summed E-state index contributed by atoms with van der Waals surface area (Å²) in [5.41, 5.74) is 0.444. The van der Waals surface area contributed by atoms with Crippen molar-refractivity contribution >= 4 is 18.6 Å². The van der Waals surface area contributed by atoms with Crippen molar-refractivity contribution in [3.8, 4) is 5.75 Å². The number of aromatic hydroxyl groups is 1. The first-order valence-corrected chi connectivity index (χ1v) is 3.95. The van der Waals surface area contributed by atoms with Crippen LogP contribution in [0, 0.1) is 0 Å². The Balaban J connectivity index is 3.23. The molecular weight excluding hydrogens is 176 g/mol. The molecule has 0 spiro atoms. The highest BCUT2D eigenvalue weighted by Crippen LogP contribution is 2.23. The molecular formula is C8H8O3S. The van der Waals surface area contributed by atoms with Crippen LogP contribution in [0.3, 0.4) is 0 Å². The highest BCUT2D eigenvalue weighted by Gasteiger charge is 2.11. The minimum absolute atomic E-state index is 0.0819. The van der Waals surface area contributed by atoms with Gasteiger partial charge in [0.2, 0.25) is 0 Å². The summed E-state index contributed by atoms with van der Waals surface area (Å²) < 4.78 is 0. The normalized spacial score (nSPS) is 9.75. The van der Waals surface area contributed by atoms with E-state index in [0.29, 0.717) is 11.3 Å². The second-order valence-corrected chi connectivity index (χ2v) is 2.59. The Labute approximate surface area is 75.1 Å². The summed E-state index contributed by atoms with van der Waals surface area (Å²) in [6, 6.07) is 4.56. The molecule has 12 heavy (non-hydrogen) atoms. The Morgan fingerprint density at radius 3 is 2.67 bits per heavy atom. The van der Waals surface area contributed by atoms with E-state index in [1.54, 1.807) is 12.1 Å². The first-order valence-electron chi connectivity index (χ1n) is 3.32. The topological polar surface area (TPSA) is 57.5 Å². The van der Waals surface area contributed by atoms with E-state index >= 15 is 0 Å². The molecule has 0 heterocycles. The van der Waals surface area contributed by atoms with Gasteiger partial charge in [0.15, 0.2) is 0 Å². The number of hydrogen-bond acceptors (Lipinski definition) is 3. The third kappa shape index (κ3) is 1.53. The molecule has 0 atom stereocenters. The molecule has 0 bridgehead atoms. The van der Waals surface area contributed by atoms with E-state index in [0.717, 1.165) is 0 Å². The van der Waals surface area contributed by atoms with Gasteiger partial charge >= 0.3 is 5.97 Å². The zero-order valence-electron chi connectivity index (χ0n) is 6.19. The standard InChI is InChI=1S/C8H8O3S/c9-7-5(4-12)2-1-3-6(7)8(10)11/h1-3,9,12H,4H2,(H,10,11). The number of para-hydroxylation sites is 1. The average molecular weight is 184 g/mol. The molecule has 0 unspecified atom stereocenters. The summed E-state index contributed by atoms with van der Waals surface area (Å²) in [6.45, 7) is 0. The number of carbonyl (C=O) groups is 1. The van der Waals surface area contributed by atoms with E-state index in [-0.39, 0.29) is 11.3 Å². The van der Waals surface area contributed by atoms with Gasteiger partial charge in [0.25, 0.3) is 0 Å². The minimum Gasteiger partial charge on any atom is -0.507 e. The van der Waals surface area contributed by atoms with Crippen molar-refractivity contribution in [2.75, 3.05) is 0 Å². The summed E-state index contributed by atoms with van der Waals surface area (Å²) in [4.78, 5) is 10.5. The van der Waals surface area contributed by atoms with E-state index in [1.165, 1.54) is 6.07 Å². The van der Waals surface area contributed by atoms with E-state index in [4.69, 9.17) is 5.11 Å². The van der Waals surface area contributed by atoms with Crippen LogP contribution in [0.5, 0.6) is 5.75 Å². The molecule has 0 saturated carbocycles. The van der Waals surface area contributed by atoms with Crippen molar-refractivity contribution < 1.29 is 15.0 Å². The van der Waals surface area contributed by atoms with Crippen LogP contribution in [0.4, 0.5) is 0 Å². The Morgan fingerprint density at radius 2 is 2.17 bits per heavy atom. The summed E-state index contributed by atoms with van der Waals surface area (Å²) >= 11 is 3.94. The summed E-state index contributed by atoms with van der Waals surface area (Å²) in [7, 11) is 0. The number of aromatic carboxylic acids is 1. The second-order valence-electron chi connectivity index (χ2n) is 2.28. The highest BCUT2D eigenvalue weighted by atomic mass is 32.1. The number of thiol groups is 1. The van der Waals surface area contributed by atoms with E-state index < -0.39 is 5.97 Å². The van der Waals surface area contributed by atoms with E-state index in [2.05, 4.69) is 12.6 Å². The molecule has 0 aliphatic heterocycles. The van der Waals surface area contributed by atoms with Gasteiger partial charge in [-0.05, 0) is 6.07 Å². The Kier molecular flexibility index (Phi) is 2.60.